The molecular formula is C27H25NO4. The molecule has 1 unspecified atom stereocenters. The van der Waals surface area contributed by atoms with Gasteiger partial charge in [0.2, 0.25) is 0 Å². The molecule has 1 aliphatic heterocycles. The molecule has 0 saturated heterocycles. The number of carbonyl (C=O) groups excluding carboxylic acids is 2. The zero-order valence-corrected chi connectivity index (χ0v) is 18.1. The Morgan fingerprint density at radius 1 is 1.00 bits per heavy atom. The number of nitrogens with zero attached hydrogens (tertiary/aromatic N) is 1. The molecule has 0 bridgehead atoms. The third kappa shape index (κ3) is 4.02. The van der Waals surface area contributed by atoms with Gasteiger partial charge in [-0.3, -0.25) is 14.5 Å². The average molecular weight is 428 g/mol. The van der Waals surface area contributed by atoms with E-state index >= 15 is 0 Å². The van der Waals surface area contributed by atoms with Crippen molar-refractivity contribution < 1.29 is 19.4 Å². The highest BCUT2D eigenvalue weighted by atomic mass is 16.5. The van der Waals surface area contributed by atoms with Gasteiger partial charge in [-0.2, -0.15) is 0 Å². The fourth-order valence-corrected chi connectivity index (χ4v) is 4.14. The van der Waals surface area contributed by atoms with Gasteiger partial charge in [0, 0.05) is 12.1 Å². The average Bonchev–Trinajstić information content (AvgIpc) is 3.09. The van der Waals surface area contributed by atoms with Crippen LogP contribution in [0.25, 0.3) is 0 Å². The summed E-state index contributed by atoms with van der Waals surface area (Å²) in [7, 11) is 1.57. The number of hydrogen-bond acceptors (Lipinski definition) is 4. The van der Waals surface area contributed by atoms with E-state index in [1.807, 2.05) is 73.7 Å². The Bertz CT molecular complexity index is 1180. The first-order valence-electron chi connectivity index (χ1n) is 10.5. The number of ether oxygens (including phenoxy) is 1. The standard InChI is InChI=1S/C27H25NO4/c1-18-9-6-7-14-22(18)28-25(20-12-8-13-21(17-20)32-2)24(26(30)27(28)31)23(29)16-15-19-10-4-3-5-11-19/h3-14,17,25,30H,15-16H2,1-2H3. The van der Waals surface area contributed by atoms with Crippen molar-refractivity contribution in [3.63, 3.8) is 0 Å². The van der Waals surface area contributed by atoms with Crippen LogP contribution in [0.1, 0.15) is 29.2 Å². The van der Waals surface area contributed by atoms with Crippen LogP contribution in [0, 0.1) is 6.92 Å². The smallest absolute Gasteiger partial charge is 0.294 e. The van der Waals surface area contributed by atoms with E-state index < -0.39 is 17.7 Å². The van der Waals surface area contributed by atoms with E-state index in [0.29, 0.717) is 23.4 Å². The molecule has 0 aliphatic carbocycles. The van der Waals surface area contributed by atoms with Crippen molar-refractivity contribution in [2.75, 3.05) is 12.0 Å². The summed E-state index contributed by atoms with van der Waals surface area (Å²) in [4.78, 5) is 28.1. The minimum absolute atomic E-state index is 0.127. The SMILES string of the molecule is COc1cccc(C2C(C(=O)CCc3ccccc3)=C(O)C(=O)N2c2ccccc2C)c1. The second-order valence-corrected chi connectivity index (χ2v) is 7.81. The van der Waals surface area contributed by atoms with Crippen LogP contribution in [0.4, 0.5) is 5.69 Å². The molecule has 1 aliphatic rings. The van der Waals surface area contributed by atoms with Crippen molar-refractivity contribution >= 4 is 17.4 Å². The predicted molar refractivity (Wildman–Crippen MR) is 124 cm³/mol. The van der Waals surface area contributed by atoms with E-state index in [1.165, 1.54) is 4.90 Å². The summed E-state index contributed by atoms with van der Waals surface area (Å²) < 4.78 is 5.37. The molecule has 162 valence electrons. The van der Waals surface area contributed by atoms with E-state index in [1.54, 1.807) is 19.2 Å². The van der Waals surface area contributed by atoms with Gasteiger partial charge in [0.1, 0.15) is 5.75 Å². The number of benzene rings is 3. The zero-order chi connectivity index (χ0) is 22.7. The maximum absolute atomic E-state index is 13.3. The summed E-state index contributed by atoms with van der Waals surface area (Å²) in [6, 6.07) is 23.7. The second kappa shape index (κ2) is 9.10. The van der Waals surface area contributed by atoms with Gasteiger partial charge in [-0.05, 0) is 48.2 Å². The van der Waals surface area contributed by atoms with Crippen LogP contribution in [-0.4, -0.2) is 23.9 Å². The van der Waals surface area contributed by atoms with Crippen molar-refractivity contribution in [3.05, 3.63) is 107 Å². The van der Waals surface area contributed by atoms with E-state index in [-0.39, 0.29) is 17.8 Å². The molecule has 1 amide bonds. The molecule has 0 spiro atoms. The second-order valence-electron chi connectivity index (χ2n) is 7.81. The molecule has 4 rings (SSSR count). The van der Waals surface area contributed by atoms with Crippen LogP contribution in [0.3, 0.4) is 0 Å². The molecule has 0 saturated carbocycles. The van der Waals surface area contributed by atoms with Crippen molar-refractivity contribution in [1.82, 2.24) is 0 Å². The van der Waals surface area contributed by atoms with Gasteiger partial charge in [0.15, 0.2) is 11.5 Å². The Kier molecular flexibility index (Phi) is 6.08. The molecule has 1 atom stereocenters. The fraction of sp³-hybridized carbons (Fsp3) is 0.185. The number of aryl methyl sites for hydroxylation is 2. The summed E-state index contributed by atoms with van der Waals surface area (Å²) in [5.41, 5.74) is 3.39. The molecule has 1 N–H and O–H groups in total. The summed E-state index contributed by atoms with van der Waals surface area (Å²) >= 11 is 0. The number of methoxy groups -OCH3 is 1. The number of Topliss-reactive ketones (excluding diaryl/α,β-unsaturated/α-hetero) is 1. The Balaban J connectivity index is 1.76. The first-order chi connectivity index (χ1) is 15.5. The molecule has 3 aromatic rings. The number of rotatable bonds is 7. The molecule has 32 heavy (non-hydrogen) atoms. The van der Waals surface area contributed by atoms with Crippen molar-refractivity contribution in [2.24, 2.45) is 0 Å². The van der Waals surface area contributed by atoms with Crippen LogP contribution in [0.2, 0.25) is 0 Å². The van der Waals surface area contributed by atoms with Gasteiger partial charge in [-0.15, -0.1) is 0 Å². The third-order valence-corrected chi connectivity index (χ3v) is 5.78. The number of anilines is 1. The quantitative estimate of drug-likeness (QED) is 0.569. The lowest BCUT2D eigenvalue weighted by atomic mass is 9.92. The highest BCUT2D eigenvalue weighted by molar-refractivity contribution is 6.16. The van der Waals surface area contributed by atoms with Gasteiger partial charge >= 0.3 is 0 Å². The maximum Gasteiger partial charge on any atom is 0.294 e. The highest BCUT2D eigenvalue weighted by Gasteiger charge is 2.44. The molecule has 3 aromatic carbocycles. The molecule has 1 heterocycles. The number of ketones is 1. The monoisotopic (exact) mass is 427 g/mol. The highest BCUT2D eigenvalue weighted by Crippen LogP contribution is 2.43. The number of amides is 1. The van der Waals surface area contributed by atoms with Gasteiger partial charge in [0.25, 0.3) is 5.91 Å². The van der Waals surface area contributed by atoms with E-state index in [0.717, 1.165) is 11.1 Å². The minimum atomic E-state index is -0.734. The Labute approximate surface area is 187 Å². The van der Waals surface area contributed by atoms with Gasteiger partial charge in [-0.25, -0.2) is 0 Å². The molecule has 5 heteroatoms. The predicted octanol–water partition coefficient (Wildman–Crippen LogP) is 5.11. The lowest BCUT2D eigenvalue weighted by molar-refractivity contribution is -0.118. The maximum atomic E-state index is 13.3. The van der Waals surface area contributed by atoms with E-state index in [4.69, 9.17) is 4.74 Å². The van der Waals surface area contributed by atoms with E-state index in [9.17, 15) is 14.7 Å². The van der Waals surface area contributed by atoms with Crippen LogP contribution >= 0.6 is 0 Å². The molecule has 0 aromatic heterocycles. The molecular weight excluding hydrogens is 402 g/mol. The molecule has 0 fully saturated rings. The minimum Gasteiger partial charge on any atom is -0.503 e. The van der Waals surface area contributed by atoms with Crippen LogP contribution in [-0.2, 0) is 16.0 Å². The lowest BCUT2D eigenvalue weighted by Crippen LogP contribution is -2.31. The van der Waals surface area contributed by atoms with Crippen LogP contribution in [0.5, 0.6) is 5.75 Å². The summed E-state index contributed by atoms with van der Waals surface area (Å²) in [5, 5.41) is 10.8. The largest absolute Gasteiger partial charge is 0.503 e. The summed E-state index contributed by atoms with van der Waals surface area (Å²) in [5.74, 6) is -0.694. The zero-order valence-electron chi connectivity index (χ0n) is 18.1. The number of hydrogen-bond donors (Lipinski definition) is 1. The van der Waals surface area contributed by atoms with Crippen LogP contribution < -0.4 is 9.64 Å². The number of carbonyl (C=O) groups is 2. The van der Waals surface area contributed by atoms with Gasteiger partial charge < -0.3 is 9.84 Å². The summed E-state index contributed by atoms with van der Waals surface area (Å²) in [6.07, 6.45) is 0.721. The van der Waals surface area contributed by atoms with Crippen LogP contribution in [0.15, 0.2) is 90.2 Å². The fourth-order valence-electron chi connectivity index (χ4n) is 4.14. The molecule has 0 radical (unpaired) electrons. The number of para-hydroxylation sites is 1. The van der Waals surface area contributed by atoms with E-state index in [2.05, 4.69) is 0 Å². The Morgan fingerprint density at radius 3 is 2.44 bits per heavy atom. The summed E-state index contributed by atoms with van der Waals surface area (Å²) in [6.45, 7) is 1.90. The Hall–Kier alpha value is -3.86. The molecule has 5 nitrogen and oxygen atoms in total. The van der Waals surface area contributed by atoms with Crippen molar-refractivity contribution in [3.8, 4) is 5.75 Å². The van der Waals surface area contributed by atoms with Crippen molar-refractivity contribution in [1.29, 1.82) is 0 Å². The lowest BCUT2D eigenvalue weighted by Gasteiger charge is -2.28. The van der Waals surface area contributed by atoms with Gasteiger partial charge in [0.05, 0.1) is 18.7 Å². The first kappa shape index (κ1) is 21.4. The van der Waals surface area contributed by atoms with Crippen molar-refractivity contribution in [2.45, 2.75) is 25.8 Å². The third-order valence-electron chi connectivity index (χ3n) is 5.78. The normalized spacial score (nSPS) is 15.9. The topological polar surface area (TPSA) is 66.8 Å². The van der Waals surface area contributed by atoms with Gasteiger partial charge in [-0.1, -0.05) is 60.7 Å². The number of aliphatic hydroxyl groups excluding tert-OH is 1. The Morgan fingerprint density at radius 2 is 1.72 bits per heavy atom. The number of aliphatic hydroxyl groups is 1. The first-order valence-corrected chi connectivity index (χ1v) is 10.5.